The summed E-state index contributed by atoms with van der Waals surface area (Å²) in [4.78, 5) is 16.2. The number of carbonyl (C=O) groups excluding carboxylic acids is 1. The smallest absolute Gasteiger partial charge is 0.226 e. The van der Waals surface area contributed by atoms with Crippen molar-refractivity contribution in [2.24, 2.45) is 0 Å². The average Bonchev–Trinajstić information content (AvgIpc) is 2.93. The van der Waals surface area contributed by atoms with Gasteiger partial charge in [-0.3, -0.25) is 4.79 Å². The number of aryl methyl sites for hydroxylation is 2. The molecule has 1 aliphatic rings. The first kappa shape index (κ1) is 14.6. The van der Waals surface area contributed by atoms with E-state index in [1.807, 2.05) is 24.3 Å². The van der Waals surface area contributed by atoms with Gasteiger partial charge >= 0.3 is 0 Å². The molecule has 3 rings (SSSR count). The fourth-order valence-corrected chi connectivity index (χ4v) is 2.60. The highest BCUT2D eigenvalue weighted by molar-refractivity contribution is 5.76. The van der Waals surface area contributed by atoms with Gasteiger partial charge < -0.3 is 14.6 Å². The summed E-state index contributed by atoms with van der Waals surface area (Å²) in [7, 11) is 0. The van der Waals surface area contributed by atoms with Crippen molar-refractivity contribution in [3.05, 3.63) is 41.5 Å². The maximum absolute atomic E-state index is 12.1. The number of nitrogens with zero attached hydrogens (tertiary/aromatic N) is 2. The van der Waals surface area contributed by atoms with E-state index < -0.39 is 0 Å². The van der Waals surface area contributed by atoms with Crippen LogP contribution in [-0.4, -0.2) is 22.7 Å². The Morgan fingerprint density at radius 2 is 2.27 bits per heavy atom. The van der Waals surface area contributed by atoms with Crippen LogP contribution in [0, 0.1) is 6.92 Å². The van der Waals surface area contributed by atoms with Crippen molar-refractivity contribution < 1.29 is 14.1 Å². The molecule has 22 heavy (non-hydrogen) atoms. The van der Waals surface area contributed by atoms with Gasteiger partial charge in [0.05, 0.1) is 12.6 Å². The van der Waals surface area contributed by atoms with Crippen molar-refractivity contribution in [1.29, 1.82) is 0 Å². The number of carbonyl (C=O) groups is 1. The number of rotatable bonds is 5. The van der Waals surface area contributed by atoms with Crippen LogP contribution in [0.2, 0.25) is 0 Å². The molecule has 1 amide bonds. The summed E-state index contributed by atoms with van der Waals surface area (Å²) in [5.41, 5.74) is 1.05. The first-order chi connectivity index (χ1) is 10.7. The fraction of sp³-hybridized carbons (Fsp3) is 0.438. The van der Waals surface area contributed by atoms with Crippen LogP contribution in [0.4, 0.5) is 0 Å². The molecule has 0 spiro atoms. The summed E-state index contributed by atoms with van der Waals surface area (Å²) >= 11 is 0. The summed E-state index contributed by atoms with van der Waals surface area (Å²) in [6.07, 6.45) is 2.56. The molecule has 0 radical (unpaired) electrons. The highest BCUT2D eigenvalue weighted by atomic mass is 16.5. The Bertz CT molecular complexity index is 654. The summed E-state index contributed by atoms with van der Waals surface area (Å²) < 4.78 is 10.6. The van der Waals surface area contributed by atoms with E-state index in [0.29, 0.717) is 37.6 Å². The maximum Gasteiger partial charge on any atom is 0.226 e. The van der Waals surface area contributed by atoms with Gasteiger partial charge in [0.15, 0.2) is 5.82 Å². The molecule has 6 nitrogen and oxygen atoms in total. The summed E-state index contributed by atoms with van der Waals surface area (Å²) in [6.45, 7) is 2.41. The Morgan fingerprint density at radius 1 is 1.41 bits per heavy atom. The van der Waals surface area contributed by atoms with Crippen LogP contribution in [-0.2, 0) is 11.2 Å². The molecule has 0 bridgehead atoms. The largest absolute Gasteiger partial charge is 0.493 e. The highest BCUT2D eigenvalue weighted by Gasteiger charge is 2.22. The monoisotopic (exact) mass is 301 g/mol. The van der Waals surface area contributed by atoms with E-state index in [-0.39, 0.29) is 11.9 Å². The maximum atomic E-state index is 12.1. The lowest BCUT2D eigenvalue weighted by atomic mass is 10.0. The third-order valence-corrected chi connectivity index (χ3v) is 3.66. The normalized spacial score (nSPS) is 16.7. The Hall–Kier alpha value is -2.37. The van der Waals surface area contributed by atoms with Crippen molar-refractivity contribution >= 4 is 5.91 Å². The SMILES string of the molecule is Cc1noc(CCCC(=O)N[C@@H]2CCOc3ccccc32)n1. The molecule has 1 N–H and O–H groups in total. The van der Waals surface area contributed by atoms with Gasteiger partial charge in [-0.1, -0.05) is 23.4 Å². The molecular formula is C16H19N3O3. The quantitative estimate of drug-likeness (QED) is 0.917. The lowest BCUT2D eigenvalue weighted by Gasteiger charge is -2.26. The van der Waals surface area contributed by atoms with E-state index in [0.717, 1.165) is 17.7 Å². The molecule has 0 fully saturated rings. The lowest BCUT2D eigenvalue weighted by Crippen LogP contribution is -2.32. The molecule has 2 aromatic rings. The molecule has 0 saturated carbocycles. The zero-order chi connectivity index (χ0) is 15.4. The molecule has 2 heterocycles. The second-order valence-electron chi connectivity index (χ2n) is 5.38. The molecule has 6 heteroatoms. The number of para-hydroxylation sites is 1. The second-order valence-corrected chi connectivity index (χ2v) is 5.38. The predicted octanol–water partition coefficient (Wildman–Crippen LogP) is 2.34. The van der Waals surface area contributed by atoms with Crippen molar-refractivity contribution in [2.45, 2.75) is 38.6 Å². The van der Waals surface area contributed by atoms with Crippen LogP contribution in [0.5, 0.6) is 5.75 Å². The Morgan fingerprint density at radius 3 is 3.09 bits per heavy atom. The van der Waals surface area contributed by atoms with Crippen LogP contribution in [0.1, 0.15) is 42.6 Å². The molecule has 1 aliphatic heterocycles. The number of benzene rings is 1. The molecular weight excluding hydrogens is 282 g/mol. The molecule has 0 saturated heterocycles. The Labute approximate surface area is 128 Å². The average molecular weight is 301 g/mol. The topological polar surface area (TPSA) is 77.2 Å². The first-order valence-electron chi connectivity index (χ1n) is 7.52. The van der Waals surface area contributed by atoms with Gasteiger partial charge in [0, 0.05) is 24.8 Å². The van der Waals surface area contributed by atoms with Gasteiger partial charge in [0.1, 0.15) is 5.75 Å². The number of nitrogens with one attached hydrogen (secondary N) is 1. The minimum Gasteiger partial charge on any atom is -0.493 e. The number of fused-ring (bicyclic) bond motifs is 1. The third kappa shape index (κ3) is 3.44. The fourth-order valence-electron chi connectivity index (χ4n) is 2.60. The van der Waals surface area contributed by atoms with Gasteiger partial charge in [0.2, 0.25) is 11.8 Å². The first-order valence-corrected chi connectivity index (χ1v) is 7.52. The highest BCUT2D eigenvalue weighted by Crippen LogP contribution is 2.31. The molecule has 1 atom stereocenters. The van der Waals surface area contributed by atoms with Crippen LogP contribution >= 0.6 is 0 Å². The number of amides is 1. The lowest BCUT2D eigenvalue weighted by molar-refractivity contribution is -0.122. The number of aromatic nitrogens is 2. The Kier molecular flexibility index (Phi) is 4.37. The zero-order valence-corrected chi connectivity index (χ0v) is 12.5. The predicted molar refractivity (Wildman–Crippen MR) is 79.4 cm³/mol. The van der Waals surface area contributed by atoms with Gasteiger partial charge in [-0.05, 0) is 19.4 Å². The molecule has 0 unspecified atom stereocenters. The van der Waals surface area contributed by atoms with Gasteiger partial charge in [-0.25, -0.2) is 0 Å². The Balaban J connectivity index is 1.50. The summed E-state index contributed by atoms with van der Waals surface area (Å²) in [6, 6.07) is 7.87. The van der Waals surface area contributed by atoms with Gasteiger partial charge in [-0.2, -0.15) is 4.98 Å². The minimum atomic E-state index is 0.0306. The van der Waals surface area contributed by atoms with Crippen LogP contribution in [0.3, 0.4) is 0 Å². The van der Waals surface area contributed by atoms with Crippen molar-refractivity contribution in [2.75, 3.05) is 6.61 Å². The van der Waals surface area contributed by atoms with Crippen LogP contribution < -0.4 is 10.1 Å². The molecule has 1 aromatic carbocycles. The van der Waals surface area contributed by atoms with Crippen molar-refractivity contribution in [1.82, 2.24) is 15.5 Å². The van der Waals surface area contributed by atoms with E-state index in [1.54, 1.807) is 6.92 Å². The standard InChI is InChI=1S/C16H19N3O3/c1-11-17-16(22-19-11)8-4-7-15(20)18-13-9-10-21-14-6-3-2-5-12(13)14/h2-3,5-6,13H,4,7-10H2,1H3,(H,18,20)/t13-/m1/s1. The van der Waals surface area contributed by atoms with E-state index in [4.69, 9.17) is 9.26 Å². The number of hydrogen-bond donors (Lipinski definition) is 1. The van der Waals surface area contributed by atoms with E-state index >= 15 is 0 Å². The number of ether oxygens (including phenoxy) is 1. The zero-order valence-electron chi connectivity index (χ0n) is 12.5. The van der Waals surface area contributed by atoms with Crippen LogP contribution in [0.15, 0.2) is 28.8 Å². The minimum absolute atomic E-state index is 0.0306. The molecule has 116 valence electrons. The van der Waals surface area contributed by atoms with Gasteiger partial charge in [0.25, 0.3) is 0 Å². The second kappa shape index (κ2) is 6.60. The van der Waals surface area contributed by atoms with Crippen LogP contribution in [0.25, 0.3) is 0 Å². The number of hydrogen-bond acceptors (Lipinski definition) is 5. The summed E-state index contributed by atoms with van der Waals surface area (Å²) in [5, 5.41) is 6.81. The summed E-state index contributed by atoms with van der Waals surface area (Å²) in [5.74, 6) is 2.11. The molecule has 0 aliphatic carbocycles. The van der Waals surface area contributed by atoms with Crippen molar-refractivity contribution in [3.8, 4) is 5.75 Å². The van der Waals surface area contributed by atoms with Gasteiger partial charge in [-0.15, -0.1) is 0 Å². The van der Waals surface area contributed by atoms with E-state index in [9.17, 15) is 4.79 Å². The van der Waals surface area contributed by atoms with E-state index in [2.05, 4.69) is 15.5 Å². The third-order valence-electron chi connectivity index (χ3n) is 3.66. The van der Waals surface area contributed by atoms with Crippen molar-refractivity contribution in [3.63, 3.8) is 0 Å². The van der Waals surface area contributed by atoms with E-state index in [1.165, 1.54) is 0 Å². The molecule has 1 aromatic heterocycles.